The lowest BCUT2D eigenvalue weighted by Gasteiger charge is -2.29. The van der Waals surface area contributed by atoms with Crippen LogP contribution in [0.1, 0.15) is 39.0 Å². The third kappa shape index (κ3) is 2.29. The van der Waals surface area contributed by atoms with E-state index in [1.54, 1.807) is 10.9 Å². The van der Waals surface area contributed by atoms with Crippen LogP contribution in [-0.2, 0) is 0 Å². The number of para-hydroxylation sites is 1. The van der Waals surface area contributed by atoms with E-state index in [2.05, 4.69) is 17.2 Å². The van der Waals surface area contributed by atoms with Crippen LogP contribution < -0.4 is 0 Å². The summed E-state index contributed by atoms with van der Waals surface area (Å²) in [6.45, 7) is 6.15. The van der Waals surface area contributed by atoms with Crippen LogP contribution in [0.2, 0.25) is 0 Å². The van der Waals surface area contributed by atoms with E-state index in [0.29, 0.717) is 0 Å². The van der Waals surface area contributed by atoms with Gasteiger partial charge in [0.05, 0.1) is 17.6 Å². The normalized spacial score (nSPS) is 13.6. The van der Waals surface area contributed by atoms with Crippen LogP contribution in [-0.4, -0.2) is 20.1 Å². The Balaban J connectivity index is 2.40. The van der Waals surface area contributed by atoms with E-state index in [9.17, 15) is 5.11 Å². The molecule has 1 N–H and O–H groups in total. The van der Waals surface area contributed by atoms with Crippen molar-refractivity contribution < 1.29 is 5.11 Å². The number of aromatic nitrogens is 3. The van der Waals surface area contributed by atoms with Gasteiger partial charge in [-0.05, 0) is 24.0 Å². The molecule has 18 heavy (non-hydrogen) atoms. The van der Waals surface area contributed by atoms with Crippen molar-refractivity contribution in [3.8, 4) is 5.69 Å². The first-order valence-corrected chi connectivity index (χ1v) is 6.20. The van der Waals surface area contributed by atoms with E-state index in [-0.39, 0.29) is 5.41 Å². The summed E-state index contributed by atoms with van der Waals surface area (Å²) in [7, 11) is 0. The number of hydrogen-bond donors (Lipinski definition) is 1. The summed E-state index contributed by atoms with van der Waals surface area (Å²) in [4.78, 5) is 0. The quantitative estimate of drug-likeness (QED) is 0.901. The third-order valence-corrected chi connectivity index (χ3v) is 3.51. The first kappa shape index (κ1) is 12.8. The molecule has 1 atom stereocenters. The van der Waals surface area contributed by atoms with Gasteiger partial charge in [-0.15, -0.1) is 5.10 Å². The van der Waals surface area contributed by atoms with Crippen LogP contribution >= 0.6 is 0 Å². The fourth-order valence-electron chi connectivity index (χ4n) is 1.79. The highest BCUT2D eigenvalue weighted by Crippen LogP contribution is 2.36. The Morgan fingerprint density at radius 1 is 1.28 bits per heavy atom. The highest BCUT2D eigenvalue weighted by Gasteiger charge is 2.30. The Morgan fingerprint density at radius 2 is 1.94 bits per heavy atom. The minimum absolute atomic E-state index is 0.200. The number of benzene rings is 1. The van der Waals surface area contributed by atoms with Crippen molar-refractivity contribution in [1.82, 2.24) is 15.0 Å². The monoisotopic (exact) mass is 245 g/mol. The van der Waals surface area contributed by atoms with Crippen LogP contribution in [0.5, 0.6) is 0 Å². The second kappa shape index (κ2) is 4.90. The Bertz CT molecular complexity index is 505. The molecule has 2 aromatic rings. The van der Waals surface area contributed by atoms with Crippen LogP contribution in [0.25, 0.3) is 5.69 Å². The molecule has 1 aromatic carbocycles. The molecule has 0 fully saturated rings. The van der Waals surface area contributed by atoms with Crippen molar-refractivity contribution in [3.05, 3.63) is 42.2 Å². The molecule has 0 aliphatic carbocycles. The highest BCUT2D eigenvalue weighted by atomic mass is 16.3. The number of rotatable bonds is 4. The largest absolute Gasteiger partial charge is 0.386 e. The average Bonchev–Trinajstić information content (AvgIpc) is 2.87. The lowest BCUT2D eigenvalue weighted by molar-refractivity contribution is 0.0410. The van der Waals surface area contributed by atoms with Gasteiger partial charge in [-0.1, -0.05) is 44.2 Å². The second-order valence-electron chi connectivity index (χ2n) is 5.15. The Hall–Kier alpha value is -1.68. The van der Waals surface area contributed by atoms with Gasteiger partial charge < -0.3 is 5.11 Å². The fraction of sp³-hybridized carbons (Fsp3) is 0.429. The summed E-state index contributed by atoms with van der Waals surface area (Å²) in [5, 5.41) is 18.5. The van der Waals surface area contributed by atoms with Crippen molar-refractivity contribution in [2.24, 2.45) is 5.41 Å². The minimum Gasteiger partial charge on any atom is -0.386 e. The molecule has 0 aliphatic rings. The molecular formula is C14H19N3O. The maximum atomic E-state index is 10.5. The van der Waals surface area contributed by atoms with E-state index in [1.807, 2.05) is 44.2 Å². The Labute approximate surface area is 107 Å². The minimum atomic E-state index is -0.585. The molecule has 0 saturated heterocycles. The summed E-state index contributed by atoms with van der Waals surface area (Å²) in [6.07, 6.45) is 1.93. The van der Waals surface area contributed by atoms with Crippen molar-refractivity contribution in [2.45, 2.75) is 33.3 Å². The molecule has 2 rings (SSSR count). The van der Waals surface area contributed by atoms with Gasteiger partial charge in [0.1, 0.15) is 6.10 Å². The molecule has 0 amide bonds. The highest BCUT2D eigenvalue weighted by molar-refractivity contribution is 5.32. The van der Waals surface area contributed by atoms with Gasteiger partial charge in [-0.2, -0.15) is 0 Å². The third-order valence-electron chi connectivity index (χ3n) is 3.51. The summed E-state index contributed by atoms with van der Waals surface area (Å²) in [5.74, 6) is 0. The zero-order valence-electron chi connectivity index (χ0n) is 11.0. The van der Waals surface area contributed by atoms with E-state index in [1.165, 1.54) is 0 Å². The Kier molecular flexibility index (Phi) is 3.48. The van der Waals surface area contributed by atoms with E-state index < -0.39 is 6.10 Å². The molecule has 96 valence electrons. The van der Waals surface area contributed by atoms with Gasteiger partial charge >= 0.3 is 0 Å². The number of aliphatic hydroxyl groups is 1. The predicted octanol–water partition coefficient (Wildman–Crippen LogP) is 2.74. The van der Waals surface area contributed by atoms with E-state index >= 15 is 0 Å². The molecule has 1 aromatic heterocycles. The average molecular weight is 245 g/mol. The Morgan fingerprint density at radius 3 is 2.56 bits per heavy atom. The molecule has 0 aliphatic heterocycles. The molecule has 4 nitrogen and oxygen atoms in total. The summed E-state index contributed by atoms with van der Waals surface area (Å²) < 4.78 is 1.70. The number of aliphatic hydroxyl groups excluding tert-OH is 1. The van der Waals surface area contributed by atoms with E-state index in [0.717, 1.165) is 17.8 Å². The lowest BCUT2D eigenvalue weighted by atomic mass is 9.82. The molecular weight excluding hydrogens is 226 g/mol. The van der Waals surface area contributed by atoms with Crippen molar-refractivity contribution in [1.29, 1.82) is 0 Å². The van der Waals surface area contributed by atoms with Crippen LogP contribution in [0.15, 0.2) is 36.5 Å². The van der Waals surface area contributed by atoms with Crippen molar-refractivity contribution in [2.75, 3.05) is 0 Å². The van der Waals surface area contributed by atoms with Crippen molar-refractivity contribution in [3.63, 3.8) is 0 Å². The molecule has 0 saturated carbocycles. The second-order valence-corrected chi connectivity index (χ2v) is 5.15. The van der Waals surface area contributed by atoms with Gasteiger partial charge in [0.15, 0.2) is 0 Å². The van der Waals surface area contributed by atoms with Crippen molar-refractivity contribution >= 4 is 0 Å². The standard InChI is InChI=1S/C14H19N3O/c1-4-14(2,3)13(18)12-10-15-16-17(12)11-8-6-5-7-9-11/h5-10,13,18H,4H2,1-3H3. The van der Waals surface area contributed by atoms with Gasteiger partial charge in [0, 0.05) is 0 Å². The molecule has 1 heterocycles. The van der Waals surface area contributed by atoms with E-state index in [4.69, 9.17) is 0 Å². The van der Waals surface area contributed by atoms with Crippen LogP contribution in [0, 0.1) is 5.41 Å². The zero-order valence-corrected chi connectivity index (χ0v) is 11.0. The molecule has 4 heteroatoms. The zero-order chi connectivity index (χ0) is 13.2. The molecule has 0 spiro atoms. The molecule has 0 radical (unpaired) electrons. The lowest BCUT2D eigenvalue weighted by Crippen LogP contribution is -2.23. The summed E-state index contributed by atoms with van der Waals surface area (Å²) in [6, 6.07) is 9.73. The SMILES string of the molecule is CCC(C)(C)C(O)c1cnnn1-c1ccccc1. The topological polar surface area (TPSA) is 50.9 Å². The maximum Gasteiger partial charge on any atom is 0.103 e. The molecule has 1 unspecified atom stereocenters. The predicted molar refractivity (Wildman–Crippen MR) is 70.4 cm³/mol. The maximum absolute atomic E-state index is 10.5. The van der Waals surface area contributed by atoms with Gasteiger partial charge in [0.2, 0.25) is 0 Å². The van der Waals surface area contributed by atoms with Gasteiger partial charge in [0.25, 0.3) is 0 Å². The van der Waals surface area contributed by atoms with Crippen LogP contribution in [0.3, 0.4) is 0 Å². The van der Waals surface area contributed by atoms with Gasteiger partial charge in [-0.25, -0.2) is 4.68 Å². The number of nitrogens with zero attached hydrogens (tertiary/aromatic N) is 3. The first-order valence-electron chi connectivity index (χ1n) is 6.20. The number of hydrogen-bond acceptors (Lipinski definition) is 3. The molecule has 0 bridgehead atoms. The van der Waals surface area contributed by atoms with Crippen LogP contribution in [0.4, 0.5) is 0 Å². The summed E-state index contributed by atoms with van der Waals surface area (Å²) >= 11 is 0. The van der Waals surface area contributed by atoms with Gasteiger partial charge in [-0.3, -0.25) is 0 Å². The smallest absolute Gasteiger partial charge is 0.103 e. The first-order chi connectivity index (χ1) is 8.56. The fourth-order valence-corrected chi connectivity index (χ4v) is 1.79. The summed E-state index contributed by atoms with van der Waals surface area (Å²) in [5.41, 5.74) is 1.44.